The van der Waals surface area contributed by atoms with Gasteiger partial charge in [0.25, 0.3) is 0 Å². The first-order chi connectivity index (χ1) is 9.83. The van der Waals surface area contributed by atoms with Crippen LogP contribution >= 0.6 is 15.9 Å². The summed E-state index contributed by atoms with van der Waals surface area (Å²) in [5, 5.41) is 7.39. The lowest BCUT2D eigenvalue weighted by atomic mass is 10.1. The van der Waals surface area contributed by atoms with Crippen LogP contribution in [0.4, 0.5) is 0 Å². The summed E-state index contributed by atoms with van der Waals surface area (Å²) in [5.41, 5.74) is 2.04. The molecule has 0 unspecified atom stereocenters. The summed E-state index contributed by atoms with van der Waals surface area (Å²) in [7, 11) is 0. The molecule has 1 aromatic heterocycles. The van der Waals surface area contributed by atoms with Gasteiger partial charge in [0.1, 0.15) is 23.8 Å². The average Bonchev–Trinajstić information content (AvgIpc) is 2.81. The Labute approximate surface area is 134 Å². The van der Waals surface area contributed by atoms with Gasteiger partial charge in [0.2, 0.25) is 0 Å². The van der Waals surface area contributed by atoms with Crippen LogP contribution in [0.5, 0.6) is 5.75 Å². The van der Waals surface area contributed by atoms with Crippen LogP contribution in [0.2, 0.25) is 0 Å². The molecule has 0 amide bonds. The molecule has 0 saturated heterocycles. The molecule has 1 heterocycles. The molecule has 0 saturated carbocycles. The highest BCUT2D eigenvalue weighted by atomic mass is 79.9. The second kappa shape index (κ2) is 6.62. The quantitative estimate of drug-likeness (QED) is 0.875. The van der Waals surface area contributed by atoms with Crippen LogP contribution in [0.25, 0.3) is 0 Å². The minimum absolute atomic E-state index is 0.0779. The maximum absolute atomic E-state index is 5.76. The molecular formula is C16H21BrN2O2. The van der Waals surface area contributed by atoms with Gasteiger partial charge >= 0.3 is 0 Å². The Morgan fingerprint density at radius 2 is 2.05 bits per heavy atom. The van der Waals surface area contributed by atoms with Crippen molar-refractivity contribution in [2.24, 2.45) is 0 Å². The van der Waals surface area contributed by atoms with Crippen molar-refractivity contribution in [3.8, 4) is 5.75 Å². The number of hydrogen-bond acceptors (Lipinski definition) is 4. The Bertz CT molecular complexity index is 603. The fourth-order valence-corrected chi connectivity index (χ4v) is 2.17. The van der Waals surface area contributed by atoms with E-state index in [0.29, 0.717) is 6.61 Å². The Morgan fingerprint density at radius 1 is 1.29 bits per heavy atom. The van der Waals surface area contributed by atoms with E-state index in [4.69, 9.17) is 9.26 Å². The first kappa shape index (κ1) is 16.0. The van der Waals surface area contributed by atoms with Crippen molar-refractivity contribution in [1.29, 1.82) is 0 Å². The predicted octanol–water partition coefficient (Wildman–Crippen LogP) is 4.21. The molecule has 0 aliphatic carbocycles. The van der Waals surface area contributed by atoms with E-state index in [-0.39, 0.29) is 5.54 Å². The average molecular weight is 353 g/mol. The van der Waals surface area contributed by atoms with E-state index in [1.807, 2.05) is 31.2 Å². The molecule has 4 nitrogen and oxygen atoms in total. The van der Waals surface area contributed by atoms with Crippen LogP contribution in [-0.2, 0) is 13.2 Å². The molecule has 5 heteroatoms. The van der Waals surface area contributed by atoms with Crippen molar-refractivity contribution in [3.63, 3.8) is 0 Å². The minimum Gasteiger partial charge on any atom is -0.487 e. The van der Waals surface area contributed by atoms with Crippen LogP contribution in [0.3, 0.4) is 0 Å². The van der Waals surface area contributed by atoms with Gasteiger partial charge in [0.05, 0.1) is 0 Å². The molecule has 0 aliphatic heterocycles. The van der Waals surface area contributed by atoms with E-state index in [2.05, 4.69) is 47.2 Å². The zero-order valence-electron chi connectivity index (χ0n) is 12.9. The summed E-state index contributed by atoms with van der Waals surface area (Å²) < 4.78 is 11.9. The highest BCUT2D eigenvalue weighted by molar-refractivity contribution is 9.10. The lowest BCUT2D eigenvalue weighted by Crippen LogP contribution is -2.35. The van der Waals surface area contributed by atoms with Crippen molar-refractivity contribution < 1.29 is 9.26 Å². The molecule has 0 bridgehead atoms. The molecule has 2 aromatic rings. The number of aromatic nitrogens is 1. The highest BCUT2D eigenvalue weighted by Crippen LogP contribution is 2.24. The zero-order valence-corrected chi connectivity index (χ0v) is 14.5. The number of ether oxygens (including phenoxy) is 1. The number of halogens is 1. The molecule has 114 valence electrons. The molecule has 0 radical (unpaired) electrons. The van der Waals surface area contributed by atoms with Crippen LogP contribution in [0.1, 0.15) is 37.8 Å². The molecule has 0 aliphatic rings. The first-order valence-corrected chi connectivity index (χ1v) is 7.71. The number of nitrogens with one attached hydrogen (secondary N) is 1. The van der Waals surface area contributed by atoms with Crippen molar-refractivity contribution in [1.82, 2.24) is 10.5 Å². The van der Waals surface area contributed by atoms with Crippen molar-refractivity contribution in [2.45, 2.75) is 46.4 Å². The molecule has 1 aromatic carbocycles. The Balaban J connectivity index is 2.00. The maximum atomic E-state index is 5.76. The maximum Gasteiger partial charge on any atom is 0.134 e. The molecule has 0 fully saturated rings. The second-order valence-electron chi connectivity index (χ2n) is 6.07. The van der Waals surface area contributed by atoms with Crippen molar-refractivity contribution >= 4 is 15.9 Å². The molecular weight excluding hydrogens is 332 g/mol. The van der Waals surface area contributed by atoms with E-state index < -0.39 is 0 Å². The van der Waals surface area contributed by atoms with Gasteiger partial charge in [-0.2, -0.15) is 0 Å². The van der Waals surface area contributed by atoms with E-state index >= 15 is 0 Å². The van der Waals surface area contributed by atoms with E-state index in [1.165, 1.54) is 5.56 Å². The fourth-order valence-electron chi connectivity index (χ4n) is 1.78. The minimum atomic E-state index is 0.0779. The largest absolute Gasteiger partial charge is 0.487 e. The highest BCUT2D eigenvalue weighted by Gasteiger charge is 2.11. The standard InChI is InChI=1S/C16H21BrN2O2/c1-11-7-13(19-21-11)10-20-14-5-6-15(17)12(8-14)9-18-16(2,3)4/h5-8,18H,9-10H2,1-4H3. The van der Waals surface area contributed by atoms with Gasteiger partial charge in [-0.05, 0) is 51.5 Å². The lowest BCUT2D eigenvalue weighted by molar-refractivity contribution is 0.287. The third-order valence-electron chi connectivity index (χ3n) is 2.89. The van der Waals surface area contributed by atoms with Gasteiger partial charge < -0.3 is 14.6 Å². The van der Waals surface area contributed by atoms with Crippen LogP contribution in [0, 0.1) is 6.92 Å². The van der Waals surface area contributed by atoms with Gasteiger partial charge in [-0.25, -0.2) is 0 Å². The van der Waals surface area contributed by atoms with E-state index in [0.717, 1.165) is 28.2 Å². The molecule has 1 N–H and O–H groups in total. The Morgan fingerprint density at radius 3 is 2.67 bits per heavy atom. The van der Waals surface area contributed by atoms with Gasteiger partial charge in [-0.3, -0.25) is 0 Å². The lowest BCUT2D eigenvalue weighted by Gasteiger charge is -2.21. The summed E-state index contributed by atoms with van der Waals surface area (Å²) in [6, 6.07) is 7.86. The molecule has 0 spiro atoms. The summed E-state index contributed by atoms with van der Waals surface area (Å²) in [4.78, 5) is 0. The molecule has 2 rings (SSSR count). The van der Waals surface area contributed by atoms with Crippen LogP contribution in [0.15, 0.2) is 33.3 Å². The van der Waals surface area contributed by atoms with Gasteiger partial charge in [0.15, 0.2) is 0 Å². The smallest absolute Gasteiger partial charge is 0.134 e. The third-order valence-corrected chi connectivity index (χ3v) is 3.66. The van der Waals surface area contributed by atoms with Crippen molar-refractivity contribution in [3.05, 3.63) is 45.8 Å². The number of rotatable bonds is 5. The number of aryl methyl sites for hydroxylation is 1. The Hall–Kier alpha value is -1.33. The first-order valence-electron chi connectivity index (χ1n) is 6.92. The van der Waals surface area contributed by atoms with Crippen LogP contribution < -0.4 is 10.1 Å². The van der Waals surface area contributed by atoms with Crippen molar-refractivity contribution in [2.75, 3.05) is 0 Å². The summed E-state index contributed by atoms with van der Waals surface area (Å²) >= 11 is 3.57. The number of nitrogens with zero attached hydrogens (tertiary/aromatic N) is 1. The van der Waals surface area contributed by atoms with E-state index in [9.17, 15) is 0 Å². The summed E-state index contributed by atoms with van der Waals surface area (Å²) in [6.07, 6.45) is 0. The molecule has 21 heavy (non-hydrogen) atoms. The summed E-state index contributed by atoms with van der Waals surface area (Å²) in [5.74, 6) is 1.61. The number of hydrogen-bond donors (Lipinski definition) is 1. The fraction of sp³-hybridized carbons (Fsp3) is 0.438. The predicted molar refractivity (Wildman–Crippen MR) is 86.3 cm³/mol. The monoisotopic (exact) mass is 352 g/mol. The SMILES string of the molecule is Cc1cc(COc2ccc(Br)c(CNC(C)(C)C)c2)no1. The summed E-state index contributed by atoms with van der Waals surface area (Å²) in [6.45, 7) is 9.50. The number of benzene rings is 1. The topological polar surface area (TPSA) is 47.3 Å². The van der Waals surface area contributed by atoms with Gasteiger partial charge in [-0.15, -0.1) is 0 Å². The second-order valence-corrected chi connectivity index (χ2v) is 6.93. The Kier molecular flexibility index (Phi) is 5.06. The molecule has 0 atom stereocenters. The van der Waals surface area contributed by atoms with Gasteiger partial charge in [0, 0.05) is 22.6 Å². The zero-order chi connectivity index (χ0) is 15.5. The van der Waals surface area contributed by atoms with Crippen LogP contribution in [-0.4, -0.2) is 10.7 Å². The van der Waals surface area contributed by atoms with E-state index in [1.54, 1.807) is 0 Å². The normalized spacial score (nSPS) is 11.7. The van der Waals surface area contributed by atoms with Gasteiger partial charge in [-0.1, -0.05) is 21.1 Å². The third kappa shape index (κ3) is 5.17.